The summed E-state index contributed by atoms with van der Waals surface area (Å²) in [5.74, 6) is 5.72. The van der Waals surface area contributed by atoms with E-state index in [9.17, 15) is 0 Å². The molecule has 0 atom stereocenters. The molecule has 0 bridgehead atoms. The molecule has 0 aliphatic carbocycles. The first-order valence-electron chi connectivity index (χ1n) is 7.14. The van der Waals surface area contributed by atoms with Crippen LogP contribution in [-0.2, 0) is 0 Å². The van der Waals surface area contributed by atoms with Gasteiger partial charge in [-0.05, 0) is 44.5 Å². The molecule has 4 rings (SSSR count). The summed E-state index contributed by atoms with van der Waals surface area (Å²) in [5.41, 5.74) is 1.82. The van der Waals surface area contributed by atoms with Gasteiger partial charge in [0.2, 0.25) is 0 Å². The molecule has 0 nitrogen and oxygen atoms in total. The number of benzene rings is 4. The average molecular weight is 276 g/mol. The third kappa shape index (κ3) is 1.62. The van der Waals surface area contributed by atoms with Crippen LogP contribution in [0.15, 0.2) is 60.7 Å². The van der Waals surface area contributed by atoms with Crippen molar-refractivity contribution in [3.05, 3.63) is 71.8 Å². The van der Waals surface area contributed by atoms with Crippen LogP contribution in [0, 0.1) is 24.7 Å². The highest BCUT2D eigenvalue weighted by molar-refractivity contribution is 6.13. The van der Waals surface area contributed by atoms with Gasteiger partial charge in [-0.25, -0.2) is 0 Å². The molecule has 0 saturated carbocycles. The monoisotopic (exact) mass is 276 g/mol. The summed E-state index contributed by atoms with van der Waals surface area (Å²) in [4.78, 5) is 0. The highest BCUT2D eigenvalue weighted by atomic mass is 14.1. The van der Waals surface area contributed by atoms with Gasteiger partial charge in [-0.1, -0.05) is 60.4 Å². The van der Waals surface area contributed by atoms with Crippen LogP contribution in [0.25, 0.3) is 32.3 Å². The van der Waals surface area contributed by atoms with Gasteiger partial charge in [-0.2, -0.15) is 0 Å². The number of terminal acetylenes is 2. The molecule has 0 aliphatic rings. The van der Waals surface area contributed by atoms with E-state index >= 15 is 0 Å². The van der Waals surface area contributed by atoms with E-state index in [1.54, 1.807) is 0 Å². The molecule has 22 heavy (non-hydrogen) atoms. The van der Waals surface area contributed by atoms with Crippen molar-refractivity contribution in [2.75, 3.05) is 0 Å². The van der Waals surface area contributed by atoms with Gasteiger partial charge in [0, 0.05) is 11.1 Å². The van der Waals surface area contributed by atoms with Gasteiger partial charge in [0.25, 0.3) is 0 Å². The van der Waals surface area contributed by atoms with E-state index in [1.165, 1.54) is 10.8 Å². The molecule has 4 aromatic rings. The number of fused-ring (bicyclic) bond motifs is 3. The van der Waals surface area contributed by atoms with E-state index in [-0.39, 0.29) is 0 Å². The Kier molecular flexibility index (Phi) is 2.65. The number of rotatable bonds is 0. The van der Waals surface area contributed by atoms with E-state index in [0.717, 1.165) is 32.7 Å². The Morgan fingerprint density at radius 2 is 0.955 bits per heavy atom. The first kappa shape index (κ1) is 12.5. The molecular formula is C22H12. The molecule has 0 spiro atoms. The summed E-state index contributed by atoms with van der Waals surface area (Å²) in [6.45, 7) is 0. The molecule has 0 radical (unpaired) electrons. The number of hydrogen-bond acceptors (Lipinski definition) is 0. The molecule has 0 aromatic heterocycles. The predicted molar refractivity (Wildman–Crippen MR) is 94.8 cm³/mol. The fraction of sp³-hybridized carbons (Fsp3) is 0. The summed E-state index contributed by atoms with van der Waals surface area (Å²) in [6, 6.07) is 20.6. The summed E-state index contributed by atoms with van der Waals surface area (Å²) >= 11 is 0. The first-order chi connectivity index (χ1) is 10.8. The van der Waals surface area contributed by atoms with E-state index in [1.807, 2.05) is 36.4 Å². The Morgan fingerprint density at radius 1 is 0.545 bits per heavy atom. The lowest BCUT2D eigenvalue weighted by atomic mass is 9.90. The average Bonchev–Trinajstić information content (AvgIpc) is 2.58. The van der Waals surface area contributed by atoms with Crippen molar-refractivity contribution in [2.24, 2.45) is 0 Å². The van der Waals surface area contributed by atoms with Crippen LogP contribution in [0.1, 0.15) is 11.1 Å². The topological polar surface area (TPSA) is 0 Å². The van der Waals surface area contributed by atoms with Gasteiger partial charge in [-0.15, -0.1) is 12.8 Å². The van der Waals surface area contributed by atoms with Gasteiger partial charge in [0.15, 0.2) is 0 Å². The standard InChI is InChI=1S/C22H12/c1-3-17-19-11-7-8-12-20(19)18(4-2)22-14-16-10-6-5-9-15(16)13-21(17)22/h1-2,5-14H. The van der Waals surface area contributed by atoms with Crippen LogP contribution in [0.4, 0.5) is 0 Å². The molecule has 0 heteroatoms. The summed E-state index contributed by atoms with van der Waals surface area (Å²) in [5, 5.41) is 6.52. The molecule has 0 aliphatic heterocycles. The van der Waals surface area contributed by atoms with Crippen molar-refractivity contribution in [1.82, 2.24) is 0 Å². The Morgan fingerprint density at radius 3 is 1.36 bits per heavy atom. The van der Waals surface area contributed by atoms with Gasteiger partial charge in [0.1, 0.15) is 0 Å². The largest absolute Gasteiger partial charge is 0.115 e. The number of hydrogen-bond donors (Lipinski definition) is 0. The van der Waals surface area contributed by atoms with Crippen LogP contribution in [0.2, 0.25) is 0 Å². The van der Waals surface area contributed by atoms with Crippen molar-refractivity contribution in [3.63, 3.8) is 0 Å². The Hall–Kier alpha value is -3.22. The fourth-order valence-electron chi connectivity index (χ4n) is 3.17. The molecule has 0 unspecified atom stereocenters. The van der Waals surface area contributed by atoms with Crippen molar-refractivity contribution in [1.29, 1.82) is 0 Å². The second kappa shape index (κ2) is 4.66. The minimum absolute atomic E-state index is 0.912. The molecular weight excluding hydrogens is 264 g/mol. The summed E-state index contributed by atoms with van der Waals surface area (Å²) in [6.07, 6.45) is 11.6. The maximum absolute atomic E-state index is 5.82. The van der Waals surface area contributed by atoms with Crippen LogP contribution in [-0.4, -0.2) is 0 Å². The lowest BCUT2D eigenvalue weighted by molar-refractivity contribution is 1.72. The molecule has 100 valence electrons. The maximum atomic E-state index is 5.82. The van der Waals surface area contributed by atoms with Gasteiger partial charge in [0.05, 0.1) is 0 Å². The van der Waals surface area contributed by atoms with Gasteiger partial charge < -0.3 is 0 Å². The third-order valence-electron chi connectivity index (χ3n) is 4.18. The smallest absolute Gasteiger partial charge is 0.0400 e. The summed E-state index contributed by atoms with van der Waals surface area (Å²) in [7, 11) is 0. The Bertz CT molecular complexity index is 1040. The van der Waals surface area contributed by atoms with E-state index in [0.29, 0.717) is 0 Å². The minimum Gasteiger partial charge on any atom is -0.115 e. The van der Waals surface area contributed by atoms with Crippen LogP contribution in [0.5, 0.6) is 0 Å². The molecule has 0 amide bonds. The highest BCUT2D eigenvalue weighted by Gasteiger charge is 2.12. The van der Waals surface area contributed by atoms with Gasteiger partial charge in [-0.3, -0.25) is 0 Å². The Balaban J connectivity index is 2.37. The molecule has 0 fully saturated rings. The van der Waals surface area contributed by atoms with E-state index in [4.69, 9.17) is 12.8 Å². The van der Waals surface area contributed by atoms with Crippen LogP contribution < -0.4 is 0 Å². The lowest BCUT2D eigenvalue weighted by Gasteiger charge is -2.12. The second-order valence-electron chi connectivity index (χ2n) is 5.33. The quantitative estimate of drug-likeness (QED) is 0.309. The zero-order valence-electron chi connectivity index (χ0n) is 11.9. The maximum Gasteiger partial charge on any atom is 0.0400 e. The van der Waals surface area contributed by atoms with Crippen LogP contribution in [0.3, 0.4) is 0 Å². The zero-order valence-corrected chi connectivity index (χ0v) is 11.9. The Labute approximate surface area is 129 Å². The molecule has 0 heterocycles. The predicted octanol–water partition coefficient (Wildman–Crippen LogP) is 5.11. The van der Waals surface area contributed by atoms with Crippen molar-refractivity contribution < 1.29 is 0 Å². The SMILES string of the molecule is C#Cc1c2ccccc2c(C#C)c2cc3ccccc3cc12. The lowest BCUT2D eigenvalue weighted by Crippen LogP contribution is -1.90. The second-order valence-corrected chi connectivity index (χ2v) is 5.33. The summed E-state index contributed by atoms with van der Waals surface area (Å²) < 4.78 is 0. The third-order valence-corrected chi connectivity index (χ3v) is 4.18. The highest BCUT2D eigenvalue weighted by Crippen LogP contribution is 2.34. The molecule has 4 aromatic carbocycles. The van der Waals surface area contributed by atoms with Crippen molar-refractivity contribution >= 4 is 32.3 Å². The van der Waals surface area contributed by atoms with Gasteiger partial charge >= 0.3 is 0 Å². The normalized spacial score (nSPS) is 10.6. The molecule has 0 saturated heterocycles. The van der Waals surface area contributed by atoms with Crippen molar-refractivity contribution in [3.8, 4) is 24.7 Å². The zero-order chi connectivity index (χ0) is 15.1. The van der Waals surface area contributed by atoms with E-state index in [2.05, 4.69) is 36.1 Å². The van der Waals surface area contributed by atoms with Crippen LogP contribution >= 0.6 is 0 Å². The van der Waals surface area contributed by atoms with E-state index < -0.39 is 0 Å². The molecule has 0 N–H and O–H groups in total. The first-order valence-corrected chi connectivity index (χ1v) is 7.14. The van der Waals surface area contributed by atoms with Crippen molar-refractivity contribution in [2.45, 2.75) is 0 Å². The minimum atomic E-state index is 0.912. The fourth-order valence-corrected chi connectivity index (χ4v) is 3.17.